The number of nitrogens with zero attached hydrogens (tertiary/aromatic N) is 2. The van der Waals surface area contributed by atoms with Gasteiger partial charge >= 0.3 is 0 Å². The predicted molar refractivity (Wildman–Crippen MR) is 110 cm³/mol. The Morgan fingerprint density at radius 3 is 2.00 bits per heavy atom. The van der Waals surface area contributed by atoms with Crippen LogP contribution in [-0.2, 0) is 9.59 Å². The summed E-state index contributed by atoms with van der Waals surface area (Å²) >= 11 is 0. The minimum atomic E-state index is 0.0206. The monoisotopic (exact) mass is 374 g/mol. The van der Waals surface area contributed by atoms with Crippen LogP contribution in [0.5, 0.6) is 0 Å². The highest BCUT2D eigenvalue weighted by atomic mass is 16.2. The van der Waals surface area contributed by atoms with Crippen LogP contribution in [0.4, 0.5) is 5.69 Å². The number of para-hydroxylation sites is 1. The summed E-state index contributed by atoms with van der Waals surface area (Å²) < 4.78 is 0. The summed E-state index contributed by atoms with van der Waals surface area (Å²) in [5.74, 6) is 0.715. The largest absolute Gasteiger partial charge is 0.355 e. The first-order valence-corrected chi connectivity index (χ1v) is 9.92. The summed E-state index contributed by atoms with van der Waals surface area (Å²) in [5.41, 5.74) is 3.08. The van der Waals surface area contributed by atoms with Crippen LogP contribution in [0.15, 0.2) is 18.2 Å². The van der Waals surface area contributed by atoms with E-state index in [-0.39, 0.29) is 11.8 Å². The minimum absolute atomic E-state index is 0.0206. The number of hydrogen-bond donors (Lipinski definition) is 2. The minimum Gasteiger partial charge on any atom is -0.355 e. The predicted octanol–water partition coefficient (Wildman–Crippen LogP) is 2.02. The van der Waals surface area contributed by atoms with E-state index in [1.165, 1.54) is 0 Å². The van der Waals surface area contributed by atoms with Crippen molar-refractivity contribution in [3.8, 4) is 0 Å². The third-order valence-electron chi connectivity index (χ3n) is 4.99. The second-order valence-electron chi connectivity index (χ2n) is 7.90. The fourth-order valence-electron chi connectivity index (χ4n) is 3.26. The van der Waals surface area contributed by atoms with Crippen molar-refractivity contribution in [3.05, 3.63) is 29.3 Å². The Balaban J connectivity index is 1.69. The van der Waals surface area contributed by atoms with Gasteiger partial charge in [0.2, 0.25) is 11.8 Å². The van der Waals surface area contributed by atoms with Crippen LogP contribution in [0.25, 0.3) is 0 Å². The number of carbonyl (C=O) groups excluding carboxylic acids is 2. The first-order valence-electron chi connectivity index (χ1n) is 9.92. The average molecular weight is 375 g/mol. The Bertz CT molecular complexity index is 617. The van der Waals surface area contributed by atoms with E-state index in [0.717, 1.165) is 56.0 Å². The number of carbonyl (C=O) groups is 2. The molecule has 1 aromatic rings. The fraction of sp³-hybridized carbons (Fsp3) is 0.619. The molecule has 0 aliphatic carbocycles. The number of nitrogens with one attached hydrogen (secondary N) is 2. The van der Waals surface area contributed by atoms with Crippen molar-refractivity contribution >= 4 is 17.5 Å². The molecule has 0 unspecified atom stereocenters. The lowest BCUT2D eigenvalue weighted by atomic mass is 10.1. The molecule has 1 fully saturated rings. The molecule has 1 saturated heterocycles. The third kappa shape index (κ3) is 7.31. The average Bonchev–Trinajstić information content (AvgIpc) is 2.60. The summed E-state index contributed by atoms with van der Waals surface area (Å²) in [7, 11) is 0. The maximum absolute atomic E-state index is 12.4. The molecule has 2 amide bonds. The van der Waals surface area contributed by atoms with Crippen LogP contribution in [0.2, 0.25) is 0 Å². The summed E-state index contributed by atoms with van der Waals surface area (Å²) in [6.45, 7) is 13.1. The van der Waals surface area contributed by atoms with Crippen LogP contribution >= 0.6 is 0 Å². The fourth-order valence-corrected chi connectivity index (χ4v) is 3.26. The second-order valence-corrected chi connectivity index (χ2v) is 7.90. The summed E-state index contributed by atoms with van der Waals surface area (Å²) in [5, 5.41) is 6.03. The third-order valence-corrected chi connectivity index (χ3v) is 4.99. The van der Waals surface area contributed by atoms with Gasteiger partial charge in [-0.2, -0.15) is 0 Å². The lowest BCUT2D eigenvalue weighted by Crippen LogP contribution is -2.51. The number of anilines is 1. The van der Waals surface area contributed by atoms with Gasteiger partial charge in [0.1, 0.15) is 0 Å². The molecular weight excluding hydrogens is 340 g/mol. The highest BCUT2D eigenvalue weighted by molar-refractivity contribution is 5.93. The van der Waals surface area contributed by atoms with Gasteiger partial charge in [0, 0.05) is 38.4 Å². The quantitative estimate of drug-likeness (QED) is 0.731. The van der Waals surface area contributed by atoms with Gasteiger partial charge in [-0.3, -0.25) is 19.4 Å². The zero-order valence-electron chi connectivity index (χ0n) is 17.2. The van der Waals surface area contributed by atoms with Crippen molar-refractivity contribution < 1.29 is 9.59 Å². The molecule has 6 nitrogen and oxygen atoms in total. The van der Waals surface area contributed by atoms with Crippen LogP contribution in [0.1, 0.15) is 31.4 Å². The van der Waals surface area contributed by atoms with Gasteiger partial charge in [-0.25, -0.2) is 0 Å². The topological polar surface area (TPSA) is 64.7 Å². The van der Waals surface area contributed by atoms with Crippen LogP contribution < -0.4 is 10.6 Å². The molecule has 1 heterocycles. The number of piperazine rings is 1. The van der Waals surface area contributed by atoms with E-state index in [4.69, 9.17) is 0 Å². The van der Waals surface area contributed by atoms with Crippen molar-refractivity contribution in [3.63, 3.8) is 0 Å². The van der Waals surface area contributed by atoms with Gasteiger partial charge in [-0.1, -0.05) is 32.0 Å². The molecule has 1 aliphatic heterocycles. The van der Waals surface area contributed by atoms with Crippen molar-refractivity contribution in [1.82, 2.24) is 15.1 Å². The van der Waals surface area contributed by atoms with E-state index < -0.39 is 0 Å². The molecule has 0 atom stereocenters. The van der Waals surface area contributed by atoms with Crippen molar-refractivity contribution in [2.75, 3.05) is 51.1 Å². The molecule has 0 spiro atoms. The normalized spacial score (nSPS) is 15.7. The van der Waals surface area contributed by atoms with Gasteiger partial charge < -0.3 is 10.6 Å². The van der Waals surface area contributed by atoms with Crippen LogP contribution in [-0.4, -0.2) is 67.4 Å². The Labute approximate surface area is 163 Å². The van der Waals surface area contributed by atoms with Gasteiger partial charge in [0.05, 0.1) is 13.1 Å². The maximum Gasteiger partial charge on any atom is 0.238 e. The standard InChI is InChI=1S/C21H34N4O2/c1-16(2)8-9-22-19(26)14-24-10-12-25(13-11-24)15-20(27)23-21-17(3)6-5-7-18(21)4/h5-7,16H,8-15H2,1-4H3,(H,22,26)(H,23,27). The molecule has 1 aromatic carbocycles. The van der Waals surface area contributed by atoms with Crippen molar-refractivity contribution in [2.45, 2.75) is 34.1 Å². The smallest absolute Gasteiger partial charge is 0.238 e. The summed E-state index contributed by atoms with van der Waals surface area (Å²) in [6, 6.07) is 6.01. The molecule has 150 valence electrons. The Kier molecular flexibility index (Phi) is 8.25. The zero-order chi connectivity index (χ0) is 19.8. The molecule has 6 heteroatoms. The van der Waals surface area contributed by atoms with E-state index in [0.29, 0.717) is 19.0 Å². The van der Waals surface area contributed by atoms with E-state index >= 15 is 0 Å². The number of rotatable bonds is 8. The van der Waals surface area contributed by atoms with Crippen molar-refractivity contribution in [2.24, 2.45) is 5.92 Å². The lowest BCUT2D eigenvalue weighted by molar-refractivity contribution is -0.123. The Morgan fingerprint density at radius 1 is 0.963 bits per heavy atom. The Hall–Kier alpha value is -1.92. The van der Waals surface area contributed by atoms with Gasteiger partial charge in [0.25, 0.3) is 0 Å². The molecule has 0 aromatic heterocycles. The molecule has 0 radical (unpaired) electrons. The number of amides is 2. The molecule has 0 bridgehead atoms. The van der Waals surface area contributed by atoms with E-state index in [9.17, 15) is 9.59 Å². The summed E-state index contributed by atoms with van der Waals surface area (Å²) in [4.78, 5) is 28.7. The number of aryl methyl sites for hydroxylation is 2. The molecule has 0 saturated carbocycles. The van der Waals surface area contributed by atoms with Crippen molar-refractivity contribution in [1.29, 1.82) is 0 Å². The molecular formula is C21H34N4O2. The van der Waals surface area contributed by atoms with Gasteiger partial charge in [-0.15, -0.1) is 0 Å². The molecule has 2 N–H and O–H groups in total. The number of benzene rings is 1. The van der Waals surface area contributed by atoms with Gasteiger partial charge in [-0.05, 0) is 37.3 Å². The Morgan fingerprint density at radius 2 is 1.48 bits per heavy atom. The first kappa shape index (κ1) is 21.4. The van der Waals surface area contributed by atoms with E-state index in [1.54, 1.807) is 0 Å². The van der Waals surface area contributed by atoms with E-state index in [2.05, 4.69) is 34.3 Å². The second kappa shape index (κ2) is 10.4. The number of hydrogen-bond acceptors (Lipinski definition) is 4. The first-order chi connectivity index (χ1) is 12.8. The van der Waals surface area contributed by atoms with Gasteiger partial charge in [0.15, 0.2) is 0 Å². The maximum atomic E-state index is 12.4. The van der Waals surface area contributed by atoms with E-state index in [1.807, 2.05) is 32.0 Å². The van der Waals surface area contributed by atoms with Crippen LogP contribution in [0, 0.1) is 19.8 Å². The molecule has 1 aliphatic rings. The van der Waals surface area contributed by atoms with Crippen LogP contribution in [0.3, 0.4) is 0 Å². The SMILES string of the molecule is Cc1cccc(C)c1NC(=O)CN1CCN(CC(=O)NCCC(C)C)CC1. The summed E-state index contributed by atoms with van der Waals surface area (Å²) in [6.07, 6.45) is 1.01. The lowest BCUT2D eigenvalue weighted by Gasteiger charge is -2.33. The highest BCUT2D eigenvalue weighted by Gasteiger charge is 2.21. The molecule has 27 heavy (non-hydrogen) atoms. The zero-order valence-corrected chi connectivity index (χ0v) is 17.2. The highest BCUT2D eigenvalue weighted by Crippen LogP contribution is 2.19. The molecule has 2 rings (SSSR count).